The first kappa shape index (κ1) is 26.7. The molecule has 0 aromatic carbocycles. The standard InChI is InChI=1S/C27H37F2N3O4S/c1-4-9-37-24-18(5-6-20(30-24)32-8-7-17(14-32)10-21(33)35-3)23(34)31-22-19-13-26(36-25(28)29)11-16(2)12-27(19,22)15-26/h5-6,16-17,19,22,25H,4,7-15H2,1-3H3,(H,31,34)/t16?,17-,19?,22?,26+,27?/m0/s1. The lowest BCUT2D eigenvalue weighted by molar-refractivity contribution is -0.223. The number of carbonyl (C=O) groups excluding carboxylic acids is 2. The summed E-state index contributed by atoms with van der Waals surface area (Å²) in [6.45, 7) is 2.97. The molecule has 1 aliphatic heterocycles. The predicted molar refractivity (Wildman–Crippen MR) is 137 cm³/mol. The summed E-state index contributed by atoms with van der Waals surface area (Å²) in [7, 11) is 1.41. The van der Waals surface area contributed by atoms with Crippen LogP contribution in [-0.4, -0.2) is 61.1 Å². The second-order valence-corrected chi connectivity index (χ2v) is 12.6. The minimum Gasteiger partial charge on any atom is -0.469 e. The third kappa shape index (κ3) is 5.20. The van der Waals surface area contributed by atoms with Crippen LogP contribution >= 0.6 is 11.8 Å². The van der Waals surface area contributed by atoms with E-state index >= 15 is 0 Å². The highest BCUT2D eigenvalue weighted by Gasteiger charge is 2.75. The molecule has 4 aliphatic rings. The molecule has 4 unspecified atom stereocenters. The van der Waals surface area contributed by atoms with E-state index in [2.05, 4.69) is 24.1 Å². The molecule has 1 saturated heterocycles. The minimum absolute atomic E-state index is 0.00138. The number of nitrogens with zero attached hydrogens (tertiary/aromatic N) is 2. The number of pyridine rings is 1. The maximum absolute atomic E-state index is 13.5. The van der Waals surface area contributed by atoms with Crippen molar-refractivity contribution < 1.29 is 27.8 Å². The van der Waals surface area contributed by atoms with Gasteiger partial charge in [0.2, 0.25) is 0 Å². The van der Waals surface area contributed by atoms with Gasteiger partial charge in [0, 0.05) is 19.1 Å². The molecule has 7 nitrogen and oxygen atoms in total. The highest BCUT2D eigenvalue weighted by molar-refractivity contribution is 7.99. The molecule has 10 heteroatoms. The van der Waals surface area contributed by atoms with Crippen LogP contribution in [0, 0.1) is 23.2 Å². The number of methoxy groups -OCH3 is 1. The number of amides is 1. The third-order valence-corrected chi connectivity index (χ3v) is 9.99. The van der Waals surface area contributed by atoms with E-state index in [0.717, 1.165) is 43.9 Å². The van der Waals surface area contributed by atoms with Crippen LogP contribution in [0.1, 0.15) is 69.2 Å². The van der Waals surface area contributed by atoms with Crippen molar-refractivity contribution in [1.82, 2.24) is 10.3 Å². The summed E-state index contributed by atoms with van der Waals surface area (Å²) in [5, 5.41) is 3.96. The molecular formula is C27H37F2N3O4S. The number of rotatable bonds is 10. The Bertz CT molecular complexity index is 1040. The van der Waals surface area contributed by atoms with Crippen molar-refractivity contribution in [2.45, 2.75) is 82.1 Å². The van der Waals surface area contributed by atoms with Crippen molar-refractivity contribution in [2.75, 3.05) is 30.9 Å². The van der Waals surface area contributed by atoms with Gasteiger partial charge in [-0.15, -0.1) is 11.8 Å². The second-order valence-electron chi connectivity index (χ2n) is 11.5. The average Bonchev–Trinajstić information content (AvgIpc) is 3.16. The number of alkyl halides is 2. The highest BCUT2D eigenvalue weighted by atomic mass is 32.2. The van der Waals surface area contributed by atoms with Gasteiger partial charge in [0.1, 0.15) is 10.8 Å². The topological polar surface area (TPSA) is 80.8 Å². The Morgan fingerprint density at radius 3 is 2.84 bits per heavy atom. The number of halogens is 2. The van der Waals surface area contributed by atoms with Gasteiger partial charge in [-0.1, -0.05) is 13.8 Å². The van der Waals surface area contributed by atoms with Crippen molar-refractivity contribution in [3.8, 4) is 0 Å². The van der Waals surface area contributed by atoms with E-state index < -0.39 is 12.2 Å². The second kappa shape index (κ2) is 10.3. The zero-order valence-electron chi connectivity index (χ0n) is 21.8. The Morgan fingerprint density at radius 2 is 2.11 bits per heavy atom. The van der Waals surface area contributed by atoms with E-state index in [0.29, 0.717) is 42.2 Å². The molecule has 4 fully saturated rings. The molecule has 2 heterocycles. The number of hydrogen-bond donors (Lipinski definition) is 1. The molecule has 1 N–H and O–H groups in total. The number of nitrogens with one attached hydrogen (secondary N) is 1. The van der Waals surface area contributed by atoms with Gasteiger partial charge in [0.05, 0.1) is 24.7 Å². The molecular weight excluding hydrogens is 500 g/mol. The van der Waals surface area contributed by atoms with Crippen molar-refractivity contribution >= 4 is 29.5 Å². The molecule has 5 rings (SSSR count). The van der Waals surface area contributed by atoms with Crippen LogP contribution in [-0.2, 0) is 14.3 Å². The molecule has 204 valence electrons. The number of ether oxygens (including phenoxy) is 2. The van der Waals surface area contributed by atoms with Gasteiger partial charge in [0.15, 0.2) is 0 Å². The van der Waals surface area contributed by atoms with Gasteiger partial charge < -0.3 is 19.7 Å². The summed E-state index contributed by atoms with van der Waals surface area (Å²) in [6, 6.07) is 3.74. The van der Waals surface area contributed by atoms with E-state index in [-0.39, 0.29) is 35.2 Å². The van der Waals surface area contributed by atoms with Crippen LogP contribution in [0.2, 0.25) is 0 Å². The van der Waals surface area contributed by atoms with Crippen LogP contribution in [0.25, 0.3) is 0 Å². The van der Waals surface area contributed by atoms with E-state index in [1.54, 1.807) is 11.8 Å². The van der Waals surface area contributed by atoms with Gasteiger partial charge >= 0.3 is 12.6 Å². The Morgan fingerprint density at radius 1 is 1.30 bits per heavy atom. The number of thioether (sulfide) groups is 1. The quantitative estimate of drug-likeness (QED) is 0.336. The number of anilines is 1. The fraction of sp³-hybridized carbons (Fsp3) is 0.741. The first-order valence-electron chi connectivity index (χ1n) is 13.4. The number of carbonyl (C=O) groups is 2. The molecule has 1 amide bonds. The van der Waals surface area contributed by atoms with Crippen LogP contribution in [0.5, 0.6) is 0 Å². The fourth-order valence-electron chi connectivity index (χ4n) is 7.48. The van der Waals surface area contributed by atoms with Crippen LogP contribution in [0.4, 0.5) is 14.6 Å². The fourth-order valence-corrected chi connectivity index (χ4v) is 8.35. The summed E-state index contributed by atoms with van der Waals surface area (Å²) in [6.07, 6.45) is 5.04. The van der Waals surface area contributed by atoms with E-state index in [1.807, 2.05) is 12.1 Å². The number of fused-ring (bicyclic) bond motifs is 1. The summed E-state index contributed by atoms with van der Waals surface area (Å²) in [5.41, 5.74) is -0.311. The van der Waals surface area contributed by atoms with Gasteiger partial charge in [-0.2, -0.15) is 8.78 Å². The molecule has 6 atom stereocenters. The zero-order valence-corrected chi connectivity index (χ0v) is 22.6. The maximum atomic E-state index is 13.5. The van der Waals surface area contributed by atoms with E-state index in [9.17, 15) is 18.4 Å². The van der Waals surface area contributed by atoms with Gasteiger partial charge in [-0.25, -0.2) is 4.98 Å². The first-order chi connectivity index (χ1) is 17.7. The third-order valence-electron chi connectivity index (χ3n) is 8.79. The molecule has 1 aromatic heterocycles. The lowest BCUT2D eigenvalue weighted by Crippen LogP contribution is -2.44. The van der Waals surface area contributed by atoms with E-state index in [4.69, 9.17) is 14.5 Å². The molecule has 2 bridgehead atoms. The minimum atomic E-state index is -2.76. The molecule has 3 aliphatic carbocycles. The van der Waals surface area contributed by atoms with E-state index in [1.165, 1.54) is 7.11 Å². The first-order valence-corrected chi connectivity index (χ1v) is 14.4. The van der Waals surface area contributed by atoms with Gasteiger partial charge in [-0.05, 0) is 79.6 Å². The molecule has 1 aromatic rings. The summed E-state index contributed by atoms with van der Waals surface area (Å²) in [4.78, 5) is 32.2. The van der Waals surface area contributed by atoms with Crippen molar-refractivity contribution in [1.29, 1.82) is 0 Å². The van der Waals surface area contributed by atoms with Gasteiger partial charge in [-0.3, -0.25) is 9.59 Å². The monoisotopic (exact) mass is 537 g/mol. The zero-order chi connectivity index (χ0) is 26.4. The Kier molecular flexibility index (Phi) is 7.44. The lowest BCUT2D eigenvalue weighted by Gasteiger charge is -2.40. The number of esters is 1. The molecule has 1 spiro atoms. The van der Waals surface area contributed by atoms with Crippen molar-refractivity contribution in [3.63, 3.8) is 0 Å². The summed E-state index contributed by atoms with van der Waals surface area (Å²) in [5.74, 6) is 2.05. The average molecular weight is 538 g/mol. The Balaban J connectivity index is 1.28. The Hall–Kier alpha value is -1.94. The Labute approximate surface area is 221 Å². The number of aromatic nitrogens is 1. The summed E-state index contributed by atoms with van der Waals surface area (Å²) >= 11 is 1.58. The number of hydrogen-bond acceptors (Lipinski definition) is 7. The van der Waals surface area contributed by atoms with Crippen molar-refractivity contribution in [3.05, 3.63) is 17.7 Å². The summed E-state index contributed by atoms with van der Waals surface area (Å²) < 4.78 is 36.2. The molecule has 37 heavy (non-hydrogen) atoms. The van der Waals surface area contributed by atoms with Crippen LogP contribution < -0.4 is 10.2 Å². The maximum Gasteiger partial charge on any atom is 0.345 e. The molecule has 3 saturated carbocycles. The molecule has 0 radical (unpaired) electrons. The highest BCUT2D eigenvalue weighted by Crippen LogP contribution is 2.74. The smallest absolute Gasteiger partial charge is 0.345 e. The van der Waals surface area contributed by atoms with Crippen LogP contribution in [0.15, 0.2) is 17.2 Å². The van der Waals surface area contributed by atoms with Gasteiger partial charge in [0.25, 0.3) is 5.91 Å². The normalized spacial score (nSPS) is 33.9. The van der Waals surface area contributed by atoms with Crippen LogP contribution in [0.3, 0.4) is 0 Å². The van der Waals surface area contributed by atoms with Crippen molar-refractivity contribution in [2.24, 2.45) is 23.2 Å². The SMILES string of the molecule is CCCSc1nc(N2CC[C@@H](CC(=O)OC)C2)ccc1C(=O)NC1C2C[C@]3(OC(F)F)CC(C)CC21C3. The lowest BCUT2D eigenvalue weighted by atomic mass is 9.74. The predicted octanol–water partition coefficient (Wildman–Crippen LogP) is 4.89. The largest absolute Gasteiger partial charge is 0.469 e.